The van der Waals surface area contributed by atoms with Crippen molar-refractivity contribution in [3.05, 3.63) is 23.7 Å². The lowest BCUT2D eigenvalue weighted by Crippen LogP contribution is -2.39. The number of nitrogens with one attached hydrogen (secondary N) is 3. The van der Waals surface area contributed by atoms with Gasteiger partial charge in [0.05, 0.1) is 17.4 Å². The maximum Gasteiger partial charge on any atom is 0.421 e. The van der Waals surface area contributed by atoms with Crippen LogP contribution < -0.4 is 16.0 Å². The Labute approximate surface area is 215 Å². The van der Waals surface area contributed by atoms with Crippen molar-refractivity contribution in [1.82, 2.24) is 30.0 Å². The quantitative estimate of drug-likeness (QED) is 0.252. The average Bonchev–Trinajstić information content (AvgIpc) is 3.22. The summed E-state index contributed by atoms with van der Waals surface area (Å²) in [4.78, 5) is 20.7. The van der Waals surface area contributed by atoms with E-state index in [-0.39, 0.29) is 24.4 Å². The van der Waals surface area contributed by atoms with Gasteiger partial charge in [-0.2, -0.15) is 23.3 Å². The Morgan fingerprint density at radius 3 is 2.54 bits per heavy atom. The predicted octanol–water partition coefficient (Wildman–Crippen LogP) is 3.74. The summed E-state index contributed by atoms with van der Waals surface area (Å²) in [6.45, 7) is 9.84. The van der Waals surface area contributed by atoms with Crippen LogP contribution in [0.15, 0.2) is 12.4 Å². The summed E-state index contributed by atoms with van der Waals surface area (Å²) in [5.74, 6) is -0.224. The van der Waals surface area contributed by atoms with Crippen LogP contribution in [0.2, 0.25) is 0 Å². The summed E-state index contributed by atoms with van der Waals surface area (Å²) in [5.41, 5.74) is 0.461. The number of anilines is 3. The molecular formula is C24H37F3N8O2. The maximum atomic E-state index is 13.5. The van der Waals surface area contributed by atoms with Crippen molar-refractivity contribution in [2.45, 2.75) is 64.7 Å². The van der Waals surface area contributed by atoms with E-state index in [4.69, 9.17) is 4.74 Å². The van der Waals surface area contributed by atoms with Crippen LogP contribution in [0.3, 0.4) is 0 Å². The van der Waals surface area contributed by atoms with Gasteiger partial charge >= 0.3 is 6.18 Å². The summed E-state index contributed by atoms with van der Waals surface area (Å²) < 4.78 is 47.9. The van der Waals surface area contributed by atoms with Gasteiger partial charge in [0, 0.05) is 57.8 Å². The standard InChI is InChI=1S/C24H37F3N8O2/c1-17(2)34-10-6-19(7-11-34)35-15-21(18(3)33-35)31-23-30-14-20(24(25,26)27)22(32-23)29-9-5-13-37-12-4-8-28-16-36/h14-17,19H,4-13H2,1-3H3,(H,28,36)(H2,29,30,31,32). The molecule has 37 heavy (non-hydrogen) atoms. The minimum Gasteiger partial charge on any atom is -0.381 e. The molecule has 0 spiro atoms. The maximum absolute atomic E-state index is 13.5. The highest BCUT2D eigenvalue weighted by Crippen LogP contribution is 2.34. The Morgan fingerprint density at radius 1 is 1.19 bits per heavy atom. The summed E-state index contributed by atoms with van der Waals surface area (Å²) in [6, 6.07) is 0.792. The van der Waals surface area contributed by atoms with Gasteiger partial charge in [0.1, 0.15) is 11.4 Å². The zero-order chi connectivity index (χ0) is 26.8. The van der Waals surface area contributed by atoms with E-state index in [0.29, 0.717) is 50.7 Å². The molecule has 0 atom stereocenters. The lowest BCUT2D eigenvalue weighted by atomic mass is 10.0. The van der Waals surface area contributed by atoms with Crippen LogP contribution in [0, 0.1) is 6.92 Å². The molecular weight excluding hydrogens is 489 g/mol. The molecule has 1 saturated heterocycles. The second-order valence-electron chi connectivity index (χ2n) is 9.37. The molecule has 0 saturated carbocycles. The van der Waals surface area contributed by atoms with Gasteiger partial charge in [-0.1, -0.05) is 0 Å². The van der Waals surface area contributed by atoms with Crippen molar-refractivity contribution in [3.63, 3.8) is 0 Å². The van der Waals surface area contributed by atoms with Crippen LogP contribution >= 0.6 is 0 Å². The minimum absolute atomic E-state index is 0.0618. The third kappa shape index (κ3) is 8.56. The zero-order valence-corrected chi connectivity index (χ0v) is 21.6. The SMILES string of the molecule is Cc1nn(C2CCN(C(C)C)CC2)cc1Nc1ncc(C(F)(F)F)c(NCCCOCCCNC=O)n1. The number of halogens is 3. The van der Waals surface area contributed by atoms with Crippen LogP contribution in [-0.2, 0) is 15.7 Å². The van der Waals surface area contributed by atoms with E-state index in [9.17, 15) is 18.0 Å². The molecule has 3 heterocycles. The predicted molar refractivity (Wildman–Crippen MR) is 135 cm³/mol. The Balaban J connectivity index is 1.59. The topological polar surface area (TPSA) is 109 Å². The fourth-order valence-electron chi connectivity index (χ4n) is 4.18. The molecule has 206 valence electrons. The van der Waals surface area contributed by atoms with Gasteiger partial charge in [0.25, 0.3) is 0 Å². The van der Waals surface area contributed by atoms with Gasteiger partial charge in [-0.05, 0) is 46.5 Å². The van der Waals surface area contributed by atoms with E-state index >= 15 is 0 Å². The minimum atomic E-state index is -4.59. The van der Waals surface area contributed by atoms with Crippen molar-refractivity contribution < 1.29 is 22.7 Å². The molecule has 0 bridgehead atoms. The summed E-state index contributed by atoms with van der Waals surface area (Å²) in [6.07, 6.45) is 1.83. The molecule has 0 radical (unpaired) electrons. The lowest BCUT2D eigenvalue weighted by Gasteiger charge is -2.34. The molecule has 2 aromatic rings. The lowest BCUT2D eigenvalue weighted by molar-refractivity contribution is -0.137. The van der Waals surface area contributed by atoms with Crippen molar-refractivity contribution in [2.24, 2.45) is 0 Å². The molecule has 3 N–H and O–H groups in total. The normalized spacial score (nSPS) is 15.2. The second-order valence-corrected chi connectivity index (χ2v) is 9.37. The number of aryl methyl sites for hydroxylation is 1. The number of carbonyl (C=O) groups is 1. The van der Waals surface area contributed by atoms with E-state index in [2.05, 4.69) is 49.8 Å². The number of ether oxygens (including phenoxy) is 1. The van der Waals surface area contributed by atoms with E-state index in [1.807, 2.05) is 17.8 Å². The monoisotopic (exact) mass is 526 g/mol. The molecule has 1 aliphatic rings. The third-order valence-corrected chi connectivity index (χ3v) is 6.31. The largest absolute Gasteiger partial charge is 0.421 e. The fourth-order valence-corrected chi connectivity index (χ4v) is 4.18. The molecule has 10 nitrogen and oxygen atoms in total. The van der Waals surface area contributed by atoms with Gasteiger partial charge in [-0.3, -0.25) is 9.48 Å². The third-order valence-electron chi connectivity index (χ3n) is 6.31. The number of alkyl halides is 3. The Bertz CT molecular complexity index is 991. The Kier molecular flexibility index (Phi) is 10.5. The van der Waals surface area contributed by atoms with Crippen LogP contribution in [0.5, 0.6) is 0 Å². The van der Waals surface area contributed by atoms with E-state index < -0.39 is 11.7 Å². The van der Waals surface area contributed by atoms with Gasteiger partial charge in [0.2, 0.25) is 12.4 Å². The van der Waals surface area contributed by atoms with Crippen LogP contribution in [0.4, 0.5) is 30.6 Å². The summed E-state index contributed by atoms with van der Waals surface area (Å²) >= 11 is 0. The van der Waals surface area contributed by atoms with Gasteiger partial charge in [-0.15, -0.1) is 0 Å². The van der Waals surface area contributed by atoms with Crippen molar-refractivity contribution >= 4 is 23.9 Å². The number of carbonyl (C=O) groups excluding carboxylic acids is 1. The molecule has 3 rings (SSSR count). The highest BCUT2D eigenvalue weighted by molar-refractivity contribution is 5.58. The molecule has 1 aliphatic heterocycles. The first-order valence-corrected chi connectivity index (χ1v) is 12.7. The summed E-state index contributed by atoms with van der Waals surface area (Å²) in [5, 5.41) is 13.0. The second kappa shape index (κ2) is 13.6. The molecule has 1 amide bonds. The molecule has 1 fully saturated rings. The number of rotatable bonds is 14. The number of likely N-dealkylation sites (tertiary alicyclic amines) is 1. The zero-order valence-electron chi connectivity index (χ0n) is 21.6. The fraction of sp³-hybridized carbons (Fsp3) is 0.667. The van der Waals surface area contributed by atoms with Crippen LogP contribution in [0.1, 0.15) is 56.8 Å². The molecule has 0 unspecified atom stereocenters. The first-order chi connectivity index (χ1) is 17.7. The molecule has 2 aromatic heterocycles. The van der Waals surface area contributed by atoms with Gasteiger partial charge in [-0.25, -0.2) is 4.98 Å². The number of nitrogens with zero attached hydrogens (tertiary/aromatic N) is 5. The number of hydrogen-bond donors (Lipinski definition) is 3. The van der Waals surface area contributed by atoms with Crippen molar-refractivity contribution in [1.29, 1.82) is 0 Å². The van der Waals surface area contributed by atoms with Crippen molar-refractivity contribution in [2.75, 3.05) is 50.0 Å². The number of amides is 1. The van der Waals surface area contributed by atoms with Gasteiger partial charge in [0.15, 0.2) is 0 Å². The highest BCUT2D eigenvalue weighted by atomic mass is 19.4. The number of piperidine rings is 1. The molecule has 13 heteroatoms. The van der Waals surface area contributed by atoms with Gasteiger partial charge < -0.3 is 25.6 Å². The van der Waals surface area contributed by atoms with Crippen molar-refractivity contribution in [3.8, 4) is 0 Å². The van der Waals surface area contributed by atoms with Crippen LogP contribution in [-0.4, -0.2) is 76.5 Å². The Hall–Kier alpha value is -2.93. The smallest absolute Gasteiger partial charge is 0.381 e. The first-order valence-electron chi connectivity index (χ1n) is 12.7. The first kappa shape index (κ1) is 28.6. The number of aromatic nitrogens is 4. The molecule has 0 aliphatic carbocycles. The van der Waals surface area contributed by atoms with E-state index in [1.54, 1.807) is 0 Å². The van der Waals surface area contributed by atoms with Crippen LogP contribution in [0.25, 0.3) is 0 Å². The Morgan fingerprint density at radius 2 is 1.89 bits per heavy atom. The molecule has 0 aromatic carbocycles. The van der Waals surface area contributed by atoms with E-state index in [1.165, 1.54) is 0 Å². The number of hydrogen-bond acceptors (Lipinski definition) is 8. The highest BCUT2D eigenvalue weighted by Gasteiger charge is 2.35. The average molecular weight is 527 g/mol. The summed E-state index contributed by atoms with van der Waals surface area (Å²) in [7, 11) is 0. The van der Waals surface area contributed by atoms with E-state index in [0.717, 1.165) is 37.8 Å².